The van der Waals surface area contributed by atoms with Crippen LogP contribution in [-0.4, -0.2) is 46.3 Å². The van der Waals surface area contributed by atoms with E-state index in [1.165, 1.54) is 16.4 Å². The topological polar surface area (TPSA) is 104 Å². The van der Waals surface area contributed by atoms with Crippen molar-refractivity contribution >= 4 is 40.9 Å². The van der Waals surface area contributed by atoms with Gasteiger partial charge in [-0.05, 0) is 42.3 Å². The third-order valence-electron chi connectivity index (χ3n) is 4.51. The minimum absolute atomic E-state index is 0.132. The van der Waals surface area contributed by atoms with Crippen LogP contribution in [0.5, 0.6) is 11.5 Å². The fraction of sp³-hybridized carbons (Fsp3) is 0.250. The minimum Gasteiger partial charge on any atom is -0.486 e. The van der Waals surface area contributed by atoms with Crippen LogP contribution in [0.15, 0.2) is 41.6 Å². The average Bonchev–Trinajstić information content (AvgIpc) is 3.14. The predicted molar refractivity (Wildman–Crippen MR) is 120 cm³/mol. The van der Waals surface area contributed by atoms with Gasteiger partial charge in [0.2, 0.25) is 11.1 Å². The van der Waals surface area contributed by atoms with Crippen molar-refractivity contribution in [3.8, 4) is 22.9 Å². The summed E-state index contributed by atoms with van der Waals surface area (Å²) in [6, 6.07) is 10.8. The molecular weight excluding hydrogens is 461 g/mol. The summed E-state index contributed by atoms with van der Waals surface area (Å²) in [6.07, 6.45) is 0.678. The van der Waals surface area contributed by atoms with Crippen LogP contribution < -0.4 is 20.6 Å². The van der Waals surface area contributed by atoms with Gasteiger partial charge in [-0.25, -0.2) is 4.68 Å². The van der Waals surface area contributed by atoms with Gasteiger partial charge >= 0.3 is 0 Å². The largest absolute Gasteiger partial charge is 0.486 e. The molecule has 4 rings (SSSR count). The Morgan fingerprint density at radius 2 is 1.94 bits per heavy atom. The summed E-state index contributed by atoms with van der Waals surface area (Å²) >= 11 is 13.4. The van der Waals surface area contributed by atoms with Crippen LogP contribution in [0, 0.1) is 0 Å². The maximum absolute atomic E-state index is 12.2. The summed E-state index contributed by atoms with van der Waals surface area (Å²) in [6.45, 7) is 1.60. The Balaban J connectivity index is 1.28. The lowest BCUT2D eigenvalue weighted by atomic mass is 10.1. The van der Waals surface area contributed by atoms with E-state index >= 15 is 0 Å². The number of thioether (sulfide) groups is 1. The Morgan fingerprint density at radius 1 is 1.13 bits per heavy atom. The molecule has 3 aromatic rings. The second-order valence-electron chi connectivity index (χ2n) is 6.67. The van der Waals surface area contributed by atoms with Crippen molar-refractivity contribution in [3.63, 3.8) is 0 Å². The molecule has 0 radical (unpaired) electrons. The van der Waals surface area contributed by atoms with Crippen LogP contribution in [0.1, 0.15) is 5.56 Å². The molecule has 0 spiro atoms. The number of carbonyl (C=O) groups is 1. The molecular formula is C20H19Cl2N5O3S. The van der Waals surface area contributed by atoms with E-state index in [0.29, 0.717) is 52.8 Å². The highest BCUT2D eigenvalue weighted by Crippen LogP contribution is 2.31. The Morgan fingerprint density at radius 3 is 2.77 bits per heavy atom. The van der Waals surface area contributed by atoms with E-state index in [1.807, 2.05) is 18.2 Å². The van der Waals surface area contributed by atoms with Gasteiger partial charge in [0.05, 0.1) is 10.8 Å². The first-order valence-electron chi connectivity index (χ1n) is 9.45. The van der Waals surface area contributed by atoms with Gasteiger partial charge in [-0.15, -0.1) is 10.2 Å². The molecule has 11 heteroatoms. The second kappa shape index (κ2) is 9.67. The van der Waals surface area contributed by atoms with Gasteiger partial charge in [-0.3, -0.25) is 4.79 Å². The monoisotopic (exact) mass is 479 g/mol. The molecule has 0 aliphatic carbocycles. The molecule has 0 unspecified atom stereocenters. The number of halogens is 2. The molecule has 162 valence electrons. The maximum atomic E-state index is 12.2. The van der Waals surface area contributed by atoms with Crippen LogP contribution >= 0.6 is 35.0 Å². The summed E-state index contributed by atoms with van der Waals surface area (Å²) in [5.74, 6) is 7.97. The number of nitrogens with two attached hydrogens (primary N) is 1. The second-order valence-corrected chi connectivity index (χ2v) is 8.45. The quantitative estimate of drug-likeness (QED) is 0.395. The Hall–Kier alpha value is -2.62. The van der Waals surface area contributed by atoms with Crippen molar-refractivity contribution in [1.29, 1.82) is 0 Å². The lowest BCUT2D eigenvalue weighted by Gasteiger charge is -2.18. The summed E-state index contributed by atoms with van der Waals surface area (Å²) in [4.78, 5) is 12.2. The molecule has 0 saturated carbocycles. The Kier molecular flexibility index (Phi) is 6.74. The number of ether oxygens (including phenoxy) is 2. The lowest BCUT2D eigenvalue weighted by molar-refractivity contribution is -0.118. The molecule has 8 nitrogen and oxygen atoms in total. The van der Waals surface area contributed by atoms with E-state index in [-0.39, 0.29) is 11.7 Å². The number of rotatable bonds is 7. The summed E-state index contributed by atoms with van der Waals surface area (Å²) in [5.41, 5.74) is 1.63. The summed E-state index contributed by atoms with van der Waals surface area (Å²) in [7, 11) is 0. The van der Waals surface area contributed by atoms with E-state index in [4.69, 9.17) is 38.5 Å². The molecule has 1 amide bonds. The van der Waals surface area contributed by atoms with E-state index in [0.717, 1.165) is 17.1 Å². The zero-order chi connectivity index (χ0) is 21.8. The number of hydrogen-bond donors (Lipinski definition) is 2. The first-order chi connectivity index (χ1) is 15.0. The lowest BCUT2D eigenvalue weighted by Crippen LogP contribution is -2.27. The normalized spacial score (nSPS) is 12.6. The molecule has 2 aromatic carbocycles. The van der Waals surface area contributed by atoms with Crippen molar-refractivity contribution in [2.75, 3.05) is 31.4 Å². The first kappa shape index (κ1) is 21.6. The van der Waals surface area contributed by atoms with E-state index in [2.05, 4.69) is 15.5 Å². The van der Waals surface area contributed by atoms with Gasteiger partial charge in [0, 0.05) is 17.1 Å². The number of nitrogens with zero attached hydrogens (tertiary/aromatic N) is 3. The van der Waals surface area contributed by atoms with Gasteiger partial charge in [-0.2, -0.15) is 0 Å². The SMILES string of the molecule is Nn1c(SCC(=O)NCCc2ccc3c(c2)OCCO3)nnc1-c1cc(Cl)ccc1Cl. The fourth-order valence-electron chi connectivity index (χ4n) is 3.00. The van der Waals surface area contributed by atoms with Crippen LogP contribution in [-0.2, 0) is 11.2 Å². The first-order valence-corrected chi connectivity index (χ1v) is 11.2. The number of amides is 1. The number of benzene rings is 2. The molecule has 1 aliphatic rings. The molecule has 3 N–H and O–H groups in total. The van der Waals surface area contributed by atoms with Gasteiger partial charge < -0.3 is 20.6 Å². The molecule has 0 fully saturated rings. The van der Waals surface area contributed by atoms with Gasteiger partial charge in [0.15, 0.2) is 17.3 Å². The van der Waals surface area contributed by atoms with Crippen molar-refractivity contribution in [1.82, 2.24) is 20.2 Å². The summed E-state index contributed by atoms with van der Waals surface area (Å²) < 4.78 is 12.4. The number of nitrogens with one attached hydrogen (secondary N) is 1. The standard InChI is InChI=1S/C20H19Cl2N5O3S/c21-13-2-3-15(22)14(10-13)19-25-26-20(27(19)23)31-11-18(28)24-6-5-12-1-4-16-17(9-12)30-8-7-29-16/h1-4,9-10H,5-8,11,23H2,(H,24,28). The fourth-order valence-corrected chi connectivity index (χ4v) is 4.06. The molecule has 2 heterocycles. The summed E-state index contributed by atoms with van der Waals surface area (Å²) in [5, 5.41) is 12.4. The zero-order valence-corrected chi connectivity index (χ0v) is 18.6. The minimum atomic E-state index is -0.132. The van der Waals surface area contributed by atoms with E-state index in [1.54, 1.807) is 18.2 Å². The number of nitrogen functional groups attached to an aromatic ring is 1. The van der Waals surface area contributed by atoms with Crippen molar-refractivity contribution in [3.05, 3.63) is 52.0 Å². The van der Waals surface area contributed by atoms with Crippen molar-refractivity contribution in [2.45, 2.75) is 11.6 Å². The van der Waals surface area contributed by atoms with E-state index in [9.17, 15) is 4.79 Å². The number of aromatic nitrogens is 3. The Labute approximate surface area is 193 Å². The molecule has 1 aliphatic heterocycles. The molecule has 0 saturated heterocycles. The molecule has 0 atom stereocenters. The van der Waals surface area contributed by atoms with Crippen LogP contribution in [0.4, 0.5) is 0 Å². The van der Waals surface area contributed by atoms with Crippen LogP contribution in [0.2, 0.25) is 10.0 Å². The van der Waals surface area contributed by atoms with Gasteiger partial charge in [0.25, 0.3) is 0 Å². The molecule has 31 heavy (non-hydrogen) atoms. The molecule has 1 aromatic heterocycles. The van der Waals surface area contributed by atoms with Crippen molar-refractivity contribution < 1.29 is 14.3 Å². The smallest absolute Gasteiger partial charge is 0.230 e. The highest BCUT2D eigenvalue weighted by Gasteiger charge is 2.16. The zero-order valence-electron chi connectivity index (χ0n) is 16.3. The highest BCUT2D eigenvalue weighted by atomic mass is 35.5. The third kappa shape index (κ3) is 5.17. The Bertz CT molecular complexity index is 1110. The third-order valence-corrected chi connectivity index (χ3v) is 6.02. The maximum Gasteiger partial charge on any atom is 0.230 e. The van der Waals surface area contributed by atoms with E-state index < -0.39 is 0 Å². The highest BCUT2D eigenvalue weighted by molar-refractivity contribution is 7.99. The average molecular weight is 480 g/mol. The number of fused-ring (bicyclic) bond motifs is 1. The van der Waals surface area contributed by atoms with Crippen LogP contribution in [0.25, 0.3) is 11.4 Å². The number of carbonyl (C=O) groups excluding carboxylic acids is 1. The predicted octanol–water partition coefficient (Wildman–Crippen LogP) is 3.19. The molecule has 0 bridgehead atoms. The number of hydrogen-bond acceptors (Lipinski definition) is 7. The van der Waals surface area contributed by atoms with Crippen LogP contribution in [0.3, 0.4) is 0 Å². The van der Waals surface area contributed by atoms with Gasteiger partial charge in [0.1, 0.15) is 13.2 Å². The van der Waals surface area contributed by atoms with Gasteiger partial charge in [-0.1, -0.05) is 41.0 Å². The van der Waals surface area contributed by atoms with Crippen molar-refractivity contribution in [2.24, 2.45) is 0 Å².